The summed E-state index contributed by atoms with van der Waals surface area (Å²) in [6.07, 6.45) is 2.30. The molecule has 0 saturated heterocycles. The van der Waals surface area contributed by atoms with Gasteiger partial charge in [0.05, 0.1) is 37.3 Å². The number of aryl methyl sites for hydroxylation is 1. The molecule has 4 rings (SSSR count). The summed E-state index contributed by atoms with van der Waals surface area (Å²) in [6.45, 7) is 1.35. The number of carbonyl (C=O) groups is 3. The molecule has 0 spiro atoms. The average molecular weight is 647 g/mol. The van der Waals surface area contributed by atoms with E-state index in [0.717, 1.165) is 0 Å². The van der Waals surface area contributed by atoms with Crippen molar-refractivity contribution in [2.24, 2.45) is 0 Å². The highest BCUT2D eigenvalue weighted by molar-refractivity contribution is 5.97. The monoisotopic (exact) mass is 646 g/mol. The van der Waals surface area contributed by atoms with Gasteiger partial charge in [0.2, 0.25) is 5.95 Å². The standard InChI is InChI=1S/C19H19N7O6.C8H11NO3.ClH/c20-19-25-15-14(17(30)26-19)23-11(8-22-15)7-21-10-3-1-9(2-4-10)16(29)24-12(18(31)32)5-6-13(27)28;1-5-8(12)7(4-11)6(3-10)2-9-5;/h1-4,8,12,21H,5-7H2,(H,24,29)(H,27,28)(H,31,32)(H3,20,22,25,26,30);2,10-12H,3-4H2,1H3;1H/t12-;;/m0../s1. The molecular weight excluding hydrogens is 616 g/mol. The van der Waals surface area contributed by atoms with Crippen molar-refractivity contribution >= 4 is 53.1 Å². The lowest BCUT2D eigenvalue weighted by Gasteiger charge is -2.14. The fraction of sp³-hybridized carbons (Fsp3) is 0.259. The number of aromatic nitrogens is 5. The van der Waals surface area contributed by atoms with Crippen LogP contribution >= 0.6 is 12.4 Å². The predicted molar refractivity (Wildman–Crippen MR) is 162 cm³/mol. The lowest BCUT2D eigenvalue weighted by atomic mass is 10.1. The number of nitrogens with one attached hydrogen (secondary N) is 3. The highest BCUT2D eigenvalue weighted by atomic mass is 35.5. The molecule has 3 heterocycles. The Morgan fingerprint density at radius 3 is 2.31 bits per heavy atom. The van der Waals surface area contributed by atoms with Crippen molar-refractivity contribution < 1.29 is 39.9 Å². The molecule has 1 aromatic carbocycles. The number of rotatable bonds is 11. The smallest absolute Gasteiger partial charge is 0.326 e. The van der Waals surface area contributed by atoms with Gasteiger partial charge in [-0.25, -0.2) is 14.8 Å². The van der Waals surface area contributed by atoms with Gasteiger partial charge < -0.3 is 46.9 Å². The number of carboxylic acids is 2. The molecule has 4 aromatic rings. The van der Waals surface area contributed by atoms with Crippen LogP contribution in [0.5, 0.6) is 5.75 Å². The van der Waals surface area contributed by atoms with Crippen molar-refractivity contribution in [1.29, 1.82) is 0 Å². The number of benzene rings is 1. The van der Waals surface area contributed by atoms with Gasteiger partial charge in [-0.2, -0.15) is 4.98 Å². The minimum atomic E-state index is -1.31. The summed E-state index contributed by atoms with van der Waals surface area (Å²) in [7, 11) is 0. The Hall–Kier alpha value is -5.39. The molecule has 0 radical (unpaired) electrons. The maximum Gasteiger partial charge on any atom is 0.326 e. The summed E-state index contributed by atoms with van der Waals surface area (Å²) in [5.74, 6) is -3.19. The largest absolute Gasteiger partial charge is 0.506 e. The van der Waals surface area contributed by atoms with Gasteiger partial charge in [-0.15, -0.1) is 12.4 Å². The number of anilines is 2. The van der Waals surface area contributed by atoms with Gasteiger partial charge in [-0.1, -0.05) is 0 Å². The number of pyridine rings is 1. The summed E-state index contributed by atoms with van der Waals surface area (Å²) >= 11 is 0. The zero-order chi connectivity index (χ0) is 32.4. The molecule has 0 bridgehead atoms. The molecular formula is C27H31ClN8O9. The number of nitrogens with two attached hydrogens (primary N) is 1. The number of aliphatic hydroxyl groups is 2. The minimum absolute atomic E-state index is 0. The molecule has 1 atom stereocenters. The molecule has 0 unspecified atom stereocenters. The van der Waals surface area contributed by atoms with Crippen LogP contribution in [0.3, 0.4) is 0 Å². The SMILES string of the molecule is Cc1ncc(CO)c(CO)c1O.Cl.Nc1nc(=O)c2nc(CNc3ccc(C(=O)N[C@@H](CCC(=O)O)C(=O)O)cc3)cnc2[nH]1. The van der Waals surface area contributed by atoms with Crippen LogP contribution in [0.2, 0.25) is 0 Å². The van der Waals surface area contributed by atoms with E-state index in [0.29, 0.717) is 28.2 Å². The van der Waals surface area contributed by atoms with Crippen LogP contribution in [0.25, 0.3) is 11.2 Å². The average Bonchev–Trinajstić information content (AvgIpc) is 2.99. The van der Waals surface area contributed by atoms with E-state index in [1.165, 1.54) is 24.5 Å². The van der Waals surface area contributed by atoms with Crippen LogP contribution in [0, 0.1) is 6.92 Å². The number of aromatic hydroxyl groups is 1. The first-order chi connectivity index (χ1) is 20.9. The number of aromatic amines is 1. The van der Waals surface area contributed by atoms with Crippen LogP contribution in [0.4, 0.5) is 11.6 Å². The van der Waals surface area contributed by atoms with Crippen LogP contribution in [-0.4, -0.2) is 74.3 Å². The molecule has 0 saturated carbocycles. The Kier molecular flexibility index (Phi) is 13.1. The van der Waals surface area contributed by atoms with Crippen LogP contribution in [0.15, 0.2) is 41.5 Å². The molecule has 1 amide bonds. The van der Waals surface area contributed by atoms with Gasteiger partial charge in [0.15, 0.2) is 11.2 Å². The molecule has 0 aliphatic rings. The number of carbonyl (C=O) groups excluding carboxylic acids is 1. The number of carboxylic acid groups (broad SMARTS) is 2. The van der Waals surface area contributed by atoms with Gasteiger partial charge in [-0.3, -0.25) is 19.4 Å². The lowest BCUT2D eigenvalue weighted by Crippen LogP contribution is -2.41. The minimum Gasteiger partial charge on any atom is -0.506 e. The van der Waals surface area contributed by atoms with Crippen molar-refractivity contribution in [1.82, 2.24) is 30.2 Å². The number of hydrogen-bond donors (Lipinski definition) is 9. The van der Waals surface area contributed by atoms with Crippen LogP contribution in [0.1, 0.15) is 45.7 Å². The Morgan fingerprint density at radius 1 is 1.02 bits per heavy atom. The van der Waals surface area contributed by atoms with E-state index < -0.39 is 29.4 Å². The normalized spacial score (nSPS) is 11.0. The molecule has 10 N–H and O–H groups in total. The van der Waals surface area contributed by atoms with E-state index in [2.05, 4.69) is 35.6 Å². The van der Waals surface area contributed by atoms with Gasteiger partial charge in [0.1, 0.15) is 11.8 Å². The molecule has 0 aliphatic heterocycles. The Morgan fingerprint density at radius 2 is 1.71 bits per heavy atom. The van der Waals surface area contributed by atoms with Crippen molar-refractivity contribution in [2.45, 2.75) is 45.6 Å². The van der Waals surface area contributed by atoms with Gasteiger partial charge in [0.25, 0.3) is 5.91 Å². The van der Waals surface area contributed by atoms with E-state index >= 15 is 0 Å². The van der Waals surface area contributed by atoms with E-state index in [4.69, 9.17) is 26.2 Å². The fourth-order valence-electron chi connectivity index (χ4n) is 3.76. The van der Waals surface area contributed by atoms with Crippen LogP contribution in [-0.2, 0) is 29.3 Å². The second-order valence-electron chi connectivity index (χ2n) is 9.23. The second kappa shape index (κ2) is 16.5. The summed E-state index contributed by atoms with van der Waals surface area (Å²) in [5, 5.41) is 50.2. The highest BCUT2D eigenvalue weighted by Gasteiger charge is 2.21. The first-order valence-electron chi connectivity index (χ1n) is 12.9. The van der Waals surface area contributed by atoms with Crippen LogP contribution < -0.4 is 21.9 Å². The molecule has 0 aliphatic carbocycles. The van der Waals surface area contributed by atoms with E-state index in [1.807, 2.05) is 0 Å². The number of hydrogen-bond acceptors (Lipinski definition) is 13. The topological polar surface area (TPSA) is 287 Å². The number of halogens is 1. The number of amides is 1. The van der Waals surface area contributed by atoms with Crippen molar-refractivity contribution in [3.63, 3.8) is 0 Å². The quantitative estimate of drug-likeness (QED) is 0.107. The number of nitrogen functional groups attached to an aromatic ring is 1. The molecule has 3 aromatic heterocycles. The number of aliphatic carboxylic acids is 2. The lowest BCUT2D eigenvalue weighted by molar-refractivity contribution is -0.140. The van der Waals surface area contributed by atoms with Crippen molar-refractivity contribution in [3.05, 3.63) is 75.1 Å². The first-order valence-corrected chi connectivity index (χ1v) is 12.9. The van der Waals surface area contributed by atoms with Gasteiger partial charge in [-0.05, 0) is 37.6 Å². The number of fused-ring (bicyclic) bond motifs is 1. The molecule has 240 valence electrons. The number of nitrogens with zero attached hydrogens (tertiary/aromatic N) is 4. The van der Waals surface area contributed by atoms with E-state index in [-0.39, 0.29) is 73.4 Å². The van der Waals surface area contributed by atoms with Crippen molar-refractivity contribution in [2.75, 3.05) is 11.1 Å². The summed E-state index contributed by atoms with van der Waals surface area (Å²) in [6, 6.07) is 4.86. The third-order valence-electron chi connectivity index (χ3n) is 6.12. The Labute approximate surface area is 260 Å². The fourth-order valence-corrected chi connectivity index (χ4v) is 3.76. The summed E-state index contributed by atoms with van der Waals surface area (Å²) in [4.78, 5) is 64.4. The zero-order valence-electron chi connectivity index (χ0n) is 23.7. The Balaban J connectivity index is 0.000000457. The molecule has 0 fully saturated rings. The third kappa shape index (κ3) is 9.82. The molecule has 18 heteroatoms. The third-order valence-corrected chi connectivity index (χ3v) is 6.12. The maximum atomic E-state index is 12.3. The molecule has 45 heavy (non-hydrogen) atoms. The summed E-state index contributed by atoms with van der Waals surface area (Å²) in [5.41, 5.74) is 7.74. The van der Waals surface area contributed by atoms with Gasteiger partial charge >= 0.3 is 17.5 Å². The van der Waals surface area contributed by atoms with Crippen molar-refractivity contribution in [3.8, 4) is 5.75 Å². The number of aliphatic hydroxyl groups excluding tert-OH is 2. The zero-order valence-corrected chi connectivity index (χ0v) is 24.5. The van der Waals surface area contributed by atoms with Gasteiger partial charge in [0, 0.05) is 35.0 Å². The Bertz CT molecular complexity index is 1720. The van der Waals surface area contributed by atoms with E-state index in [9.17, 15) is 24.3 Å². The highest BCUT2D eigenvalue weighted by Crippen LogP contribution is 2.23. The molecule has 17 nitrogen and oxygen atoms in total. The summed E-state index contributed by atoms with van der Waals surface area (Å²) < 4.78 is 0. The second-order valence-corrected chi connectivity index (χ2v) is 9.23. The maximum absolute atomic E-state index is 12.3. The van der Waals surface area contributed by atoms with E-state index in [1.54, 1.807) is 19.1 Å². The predicted octanol–water partition coefficient (Wildman–Crippen LogP) is 0.457. The first kappa shape index (κ1) is 35.8. The number of H-pyrrole nitrogens is 1.